The topological polar surface area (TPSA) is 72.8 Å². The van der Waals surface area contributed by atoms with Gasteiger partial charge in [-0.2, -0.15) is 0 Å². The van der Waals surface area contributed by atoms with Crippen LogP contribution in [-0.2, 0) is 19.1 Å². The fourth-order valence-electron chi connectivity index (χ4n) is 7.30. The normalized spacial score (nSPS) is 12.9. The standard InChI is InChI=1S/C57H98O5/c1-3-5-7-9-11-13-15-17-19-20-21-22-23-24-25-26-27-28-29-30-31-32-33-34-35-36-38-40-42-44-46-48-50-52-57(60)62-55(53-58)54-61-56(59)51-49-47-45-43-41-39-37-18-16-14-12-10-8-6-4-2/h5,7,11,13,17,19,21-22,24-25,27-28,30-31,55,58H,3-4,6,8-10,12,14-16,18,20,23,26,29,32-54H2,1-2H3/b7-5-,13-11-,19-17-,22-21-,25-24-,28-27-,31-30-. The molecule has 1 unspecified atom stereocenters. The molecular weight excluding hydrogens is 765 g/mol. The molecule has 0 aliphatic heterocycles. The maximum Gasteiger partial charge on any atom is 0.306 e. The van der Waals surface area contributed by atoms with Crippen molar-refractivity contribution in [2.75, 3.05) is 13.2 Å². The first-order valence-corrected chi connectivity index (χ1v) is 26.1. The minimum absolute atomic E-state index is 0.0669. The van der Waals surface area contributed by atoms with Gasteiger partial charge in [-0.05, 0) is 70.6 Å². The van der Waals surface area contributed by atoms with Crippen molar-refractivity contribution in [1.29, 1.82) is 0 Å². The number of ether oxygens (including phenoxy) is 2. The van der Waals surface area contributed by atoms with Crippen molar-refractivity contribution in [1.82, 2.24) is 0 Å². The number of aliphatic hydroxyl groups excluding tert-OH is 1. The number of rotatable bonds is 47. The minimum atomic E-state index is -0.775. The van der Waals surface area contributed by atoms with Crippen molar-refractivity contribution in [2.24, 2.45) is 0 Å². The third-order valence-electron chi connectivity index (χ3n) is 11.2. The molecule has 0 aliphatic carbocycles. The van der Waals surface area contributed by atoms with Crippen LogP contribution >= 0.6 is 0 Å². The fraction of sp³-hybridized carbons (Fsp3) is 0.719. The van der Waals surface area contributed by atoms with E-state index in [0.29, 0.717) is 12.8 Å². The van der Waals surface area contributed by atoms with Gasteiger partial charge in [-0.15, -0.1) is 0 Å². The van der Waals surface area contributed by atoms with E-state index in [4.69, 9.17) is 9.47 Å². The lowest BCUT2D eigenvalue weighted by molar-refractivity contribution is -0.161. The molecule has 5 heteroatoms. The first kappa shape index (κ1) is 59.1. The molecule has 0 fully saturated rings. The van der Waals surface area contributed by atoms with Gasteiger partial charge in [0.2, 0.25) is 0 Å². The van der Waals surface area contributed by atoms with E-state index < -0.39 is 6.10 Å². The highest BCUT2D eigenvalue weighted by Gasteiger charge is 2.16. The maximum absolute atomic E-state index is 12.3. The van der Waals surface area contributed by atoms with E-state index in [1.807, 2.05) is 0 Å². The second-order valence-electron chi connectivity index (χ2n) is 17.2. The van der Waals surface area contributed by atoms with E-state index in [0.717, 1.165) is 83.5 Å². The Bertz CT molecular complexity index is 1160. The van der Waals surface area contributed by atoms with Gasteiger partial charge < -0.3 is 14.6 Å². The van der Waals surface area contributed by atoms with Crippen molar-refractivity contribution in [2.45, 2.75) is 251 Å². The molecule has 0 rings (SSSR count). The summed E-state index contributed by atoms with van der Waals surface area (Å²) < 4.78 is 10.7. The lowest BCUT2D eigenvalue weighted by atomic mass is 10.0. The zero-order valence-electron chi connectivity index (χ0n) is 40.6. The number of carbonyl (C=O) groups excluding carboxylic acids is 2. The predicted molar refractivity (Wildman–Crippen MR) is 269 cm³/mol. The number of esters is 2. The molecule has 0 aromatic heterocycles. The second-order valence-corrected chi connectivity index (χ2v) is 17.2. The van der Waals surface area contributed by atoms with E-state index in [2.05, 4.69) is 98.9 Å². The van der Waals surface area contributed by atoms with Crippen LogP contribution in [-0.4, -0.2) is 36.4 Å². The van der Waals surface area contributed by atoms with Gasteiger partial charge in [0.25, 0.3) is 0 Å². The van der Waals surface area contributed by atoms with Crippen LogP contribution in [0.2, 0.25) is 0 Å². The van der Waals surface area contributed by atoms with Crippen molar-refractivity contribution in [3.05, 3.63) is 85.1 Å². The van der Waals surface area contributed by atoms with Crippen molar-refractivity contribution >= 4 is 11.9 Å². The molecule has 1 atom stereocenters. The summed E-state index contributed by atoms with van der Waals surface area (Å²) in [6.45, 7) is 4.04. The molecule has 0 aromatic rings. The zero-order chi connectivity index (χ0) is 44.9. The Morgan fingerprint density at radius 1 is 0.387 bits per heavy atom. The van der Waals surface area contributed by atoms with Gasteiger partial charge in [0.05, 0.1) is 6.61 Å². The van der Waals surface area contributed by atoms with Gasteiger partial charge in [-0.25, -0.2) is 0 Å². The van der Waals surface area contributed by atoms with Crippen molar-refractivity contribution in [3.63, 3.8) is 0 Å². The van der Waals surface area contributed by atoms with E-state index in [1.54, 1.807) is 0 Å². The molecule has 0 heterocycles. The molecule has 0 radical (unpaired) electrons. The van der Waals surface area contributed by atoms with Crippen LogP contribution in [0.25, 0.3) is 0 Å². The zero-order valence-corrected chi connectivity index (χ0v) is 40.6. The Kier molecular flexibility index (Phi) is 50.0. The van der Waals surface area contributed by atoms with Gasteiger partial charge in [0.15, 0.2) is 6.10 Å². The molecule has 0 amide bonds. The Morgan fingerprint density at radius 2 is 0.694 bits per heavy atom. The minimum Gasteiger partial charge on any atom is -0.462 e. The Morgan fingerprint density at radius 3 is 1.05 bits per heavy atom. The molecule has 62 heavy (non-hydrogen) atoms. The van der Waals surface area contributed by atoms with Gasteiger partial charge in [0, 0.05) is 12.8 Å². The van der Waals surface area contributed by atoms with Crippen LogP contribution in [0.4, 0.5) is 0 Å². The van der Waals surface area contributed by atoms with Crippen molar-refractivity contribution in [3.8, 4) is 0 Å². The SMILES string of the molecule is CC/C=C\C/C=C\C/C=C\C/C=C\C/C=C\C/C=C\C/C=C\CCCCCCCCCCCCCC(=O)OC(CO)COC(=O)CCCCCCCCCCCCCCCCC. The van der Waals surface area contributed by atoms with Gasteiger partial charge in [0.1, 0.15) is 6.61 Å². The molecule has 0 aliphatic rings. The summed E-state index contributed by atoms with van der Waals surface area (Å²) in [6, 6.07) is 0. The molecule has 0 saturated heterocycles. The lowest BCUT2D eigenvalue weighted by Crippen LogP contribution is -2.28. The average molecular weight is 863 g/mol. The van der Waals surface area contributed by atoms with Crippen molar-refractivity contribution < 1.29 is 24.2 Å². The van der Waals surface area contributed by atoms with Crippen LogP contribution in [0, 0.1) is 0 Å². The van der Waals surface area contributed by atoms with Crippen LogP contribution in [0.3, 0.4) is 0 Å². The maximum atomic E-state index is 12.3. The summed E-state index contributed by atoms with van der Waals surface area (Å²) in [5, 5.41) is 9.62. The number of hydrogen-bond donors (Lipinski definition) is 1. The van der Waals surface area contributed by atoms with Gasteiger partial charge in [-0.3, -0.25) is 9.59 Å². The van der Waals surface area contributed by atoms with Gasteiger partial charge in [-0.1, -0.05) is 247 Å². The Balaban J connectivity index is 3.53. The smallest absolute Gasteiger partial charge is 0.306 e. The van der Waals surface area contributed by atoms with E-state index in [-0.39, 0.29) is 25.2 Å². The number of allylic oxidation sites excluding steroid dienone is 14. The predicted octanol–water partition coefficient (Wildman–Crippen LogP) is 17.4. The molecular formula is C57H98O5. The van der Waals surface area contributed by atoms with Crippen LogP contribution < -0.4 is 0 Å². The third kappa shape index (κ3) is 49.7. The summed E-state index contributed by atoms with van der Waals surface area (Å²) in [5.74, 6) is -0.589. The summed E-state index contributed by atoms with van der Waals surface area (Å²) in [4.78, 5) is 24.4. The first-order chi connectivity index (χ1) is 30.6. The molecule has 0 saturated carbocycles. The quantitative estimate of drug-likeness (QED) is 0.0375. The highest BCUT2D eigenvalue weighted by atomic mass is 16.6. The second kappa shape index (κ2) is 52.4. The van der Waals surface area contributed by atoms with Crippen LogP contribution in [0.15, 0.2) is 85.1 Å². The molecule has 0 spiro atoms. The van der Waals surface area contributed by atoms with E-state index in [9.17, 15) is 14.7 Å². The summed E-state index contributed by atoms with van der Waals surface area (Å²) in [6.07, 6.45) is 72.5. The third-order valence-corrected chi connectivity index (χ3v) is 11.2. The number of hydrogen-bond acceptors (Lipinski definition) is 5. The Hall–Kier alpha value is -2.92. The first-order valence-electron chi connectivity index (χ1n) is 26.1. The largest absolute Gasteiger partial charge is 0.462 e. The highest BCUT2D eigenvalue weighted by Crippen LogP contribution is 2.15. The highest BCUT2D eigenvalue weighted by molar-refractivity contribution is 5.70. The molecule has 356 valence electrons. The van der Waals surface area contributed by atoms with Crippen LogP contribution in [0.1, 0.15) is 245 Å². The Labute approximate surface area is 384 Å². The molecule has 1 N–H and O–H groups in total. The van der Waals surface area contributed by atoms with Gasteiger partial charge >= 0.3 is 11.9 Å². The number of unbranched alkanes of at least 4 members (excludes halogenated alkanes) is 25. The summed E-state index contributed by atoms with van der Waals surface area (Å²) in [5.41, 5.74) is 0. The summed E-state index contributed by atoms with van der Waals surface area (Å²) >= 11 is 0. The average Bonchev–Trinajstić information content (AvgIpc) is 3.28. The number of aliphatic hydroxyl groups is 1. The fourth-order valence-corrected chi connectivity index (χ4v) is 7.30. The van der Waals surface area contributed by atoms with Crippen LogP contribution in [0.5, 0.6) is 0 Å². The lowest BCUT2D eigenvalue weighted by Gasteiger charge is -2.15. The summed E-state index contributed by atoms with van der Waals surface area (Å²) in [7, 11) is 0. The monoisotopic (exact) mass is 863 g/mol. The number of carbonyl (C=O) groups is 2. The van der Waals surface area contributed by atoms with E-state index in [1.165, 1.54) is 135 Å². The molecule has 0 aromatic carbocycles. The molecule has 0 bridgehead atoms. The molecule has 5 nitrogen and oxygen atoms in total. The van der Waals surface area contributed by atoms with E-state index >= 15 is 0 Å².